The lowest BCUT2D eigenvalue weighted by Gasteiger charge is -2.36. The zero-order valence-electron chi connectivity index (χ0n) is 13.6. The molecule has 0 unspecified atom stereocenters. The molecule has 118 valence electrons. The molecule has 0 aliphatic carbocycles. The molecule has 1 aliphatic heterocycles. The van der Waals surface area contributed by atoms with Gasteiger partial charge in [0.1, 0.15) is 0 Å². The van der Waals surface area contributed by atoms with E-state index in [-0.39, 0.29) is 0 Å². The number of nitriles is 1. The van der Waals surface area contributed by atoms with Gasteiger partial charge in [-0.2, -0.15) is 5.26 Å². The molecule has 0 aromatic heterocycles. The van der Waals surface area contributed by atoms with E-state index in [4.69, 9.17) is 5.26 Å². The van der Waals surface area contributed by atoms with Gasteiger partial charge in [0, 0.05) is 18.9 Å². The van der Waals surface area contributed by atoms with Crippen LogP contribution in [0.2, 0.25) is 0 Å². The van der Waals surface area contributed by atoms with Crippen molar-refractivity contribution in [3.05, 3.63) is 71.8 Å². The van der Waals surface area contributed by atoms with E-state index in [2.05, 4.69) is 71.6 Å². The summed E-state index contributed by atoms with van der Waals surface area (Å²) < 4.78 is 0. The van der Waals surface area contributed by atoms with E-state index in [0.29, 0.717) is 18.3 Å². The lowest BCUT2D eigenvalue weighted by molar-refractivity contribution is 0.178. The van der Waals surface area contributed by atoms with Gasteiger partial charge in [-0.1, -0.05) is 60.7 Å². The molecule has 0 spiro atoms. The van der Waals surface area contributed by atoms with Gasteiger partial charge in [-0.05, 0) is 43.0 Å². The Bertz CT molecular complexity index is 582. The van der Waals surface area contributed by atoms with Gasteiger partial charge in [-0.3, -0.25) is 0 Å². The van der Waals surface area contributed by atoms with Gasteiger partial charge < -0.3 is 4.90 Å². The molecule has 0 bridgehead atoms. The highest BCUT2D eigenvalue weighted by molar-refractivity contribution is 5.33. The fourth-order valence-corrected chi connectivity index (χ4v) is 3.78. The maximum atomic E-state index is 8.76. The highest BCUT2D eigenvalue weighted by Gasteiger charge is 2.28. The van der Waals surface area contributed by atoms with Crippen LogP contribution in [0, 0.1) is 17.2 Å². The fourth-order valence-electron chi connectivity index (χ4n) is 3.78. The van der Waals surface area contributed by atoms with Crippen LogP contribution < -0.4 is 0 Å². The van der Waals surface area contributed by atoms with Crippen molar-refractivity contribution in [2.24, 2.45) is 5.92 Å². The third kappa shape index (κ3) is 4.00. The Kier molecular flexibility index (Phi) is 5.45. The van der Waals surface area contributed by atoms with Gasteiger partial charge in [0.05, 0.1) is 6.07 Å². The molecule has 2 aromatic carbocycles. The molecule has 2 aromatic rings. The zero-order valence-corrected chi connectivity index (χ0v) is 13.6. The molecule has 1 aliphatic rings. The van der Waals surface area contributed by atoms with Crippen LogP contribution >= 0.6 is 0 Å². The smallest absolute Gasteiger partial charge is 0.0635 e. The number of benzene rings is 2. The Labute approximate surface area is 139 Å². The van der Waals surface area contributed by atoms with E-state index in [0.717, 1.165) is 19.6 Å². The second kappa shape index (κ2) is 7.94. The maximum absolute atomic E-state index is 8.76. The van der Waals surface area contributed by atoms with Gasteiger partial charge in [0.2, 0.25) is 0 Å². The van der Waals surface area contributed by atoms with Crippen LogP contribution in [0.5, 0.6) is 0 Å². The van der Waals surface area contributed by atoms with Crippen molar-refractivity contribution in [1.29, 1.82) is 5.26 Å². The summed E-state index contributed by atoms with van der Waals surface area (Å²) >= 11 is 0. The van der Waals surface area contributed by atoms with Crippen LogP contribution in [-0.2, 0) is 0 Å². The SMILES string of the molecule is N#CCCN1CCC(C(c2ccccc2)c2ccccc2)CC1. The first-order valence-corrected chi connectivity index (χ1v) is 8.57. The Morgan fingerprint density at radius 1 is 0.913 bits per heavy atom. The third-order valence-corrected chi connectivity index (χ3v) is 4.96. The highest BCUT2D eigenvalue weighted by Crippen LogP contribution is 2.37. The minimum Gasteiger partial charge on any atom is -0.302 e. The first-order valence-electron chi connectivity index (χ1n) is 8.57. The molecule has 0 radical (unpaired) electrons. The highest BCUT2D eigenvalue weighted by atomic mass is 15.1. The molecule has 23 heavy (non-hydrogen) atoms. The largest absolute Gasteiger partial charge is 0.302 e. The predicted octanol–water partition coefficient (Wildman–Crippen LogP) is 4.44. The van der Waals surface area contributed by atoms with Crippen molar-refractivity contribution in [2.75, 3.05) is 19.6 Å². The topological polar surface area (TPSA) is 27.0 Å². The van der Waals surface area contributed by atoms with Crippen LogP contribution in [0.4, 0.5) is 0 Å². The van der Waals surface area contributed by atoms with Crippen LogP contribution in [0.15, 0.2) is 60.7 Å². The van der Waals surface area contributed by atoms with Crippen molar-refractivity contribution >= 4 is 0 Å². The monoisotopic (exact) mass is 304 g/mol. The molecule has 0 N–H and O–H groups in total. The Balaban J connectivity index is 1.77. The Morgan fingerprint density at radius 2 is 1.43 bits per heavy atom. The summed E-state index contributed by atoms with van der Waals surface area (Å²) in [6.07, 6.45) is 3.06. The second-order valence-electron chi connectivity index (χ2n) is 6.39. The quantitative estimate of drug-likeness (QED) is 0.816. The van der Waals surface area contributed by atoms with Gasteiger partial charge in [0.25, 0.3) is 0 Å². The van der Waals surface area contributed by atoms with E-state index in [1.807, 2.05) is 0 Å². The summed E-state index contributed by atoms with van der Waals surface area (Å²) in [6, 6.07) is 24.1. The summed E-state index contributed by atoms with van der Waals surface area (Å²) in [7, 11) is 0. The first-order chi connectivity index (χ1) is 11.4. The lowest BCUT2D eigenvalue weighted by Crippen LogP contribution is -2.36. The number of nitrogens with zero attached hydrogens (tertiary/aromatic N) is 2. The first kappa shape index (κ1) is 15.8. The van der Waals surface area contributed by atoms with Crippen molar-refractivity contribution in [2.45, 2.75) is 25.2 Å². The van der Waals surface area contributed by atoms with E-state index >= 15 is 0 Å². The van der Waals surface area contributed by atoms with Crippen molar-refractivity contribution in [3.63, 3.8) is 0 Å². The van der Waals surface area contributed by atoms with Crippen molar-refractivity contribution in [1.82, 2.24) is 4.90 Å². The molecular weight excluding hydrogens is 280 g/mol. The normalized spacial score (nSPS) is 16.3. The average Bonchev–Trinajstić information content (AvgIpc) is 2.63. The standard InChI is InChI=1S/C21H24N2/c22-14-7-15-23-16-12-20(13-17-23)21(18-8-3-1-4-9-18)19-10-5-2-6-11-19/h1-6,8-11,20-21H,7,12-13,15-17H2. The van der Waals surface area contributed by atoms with Crippen LogP contribution in [0.25, 0.3) is 0 Å². The molecule has 1 fully saturated rings. The molecule has 1 saturated heterocycles. The van der Waals surface area contributed by atoms with E-state index in [9.17, 15) is 0 Å². The summed E-state index contributed by atoms with van der Waals surface area (Å²) in [6.45, 7) is 3.15. The number of piperidine rings is 1. The van der Waals surface area contributed by atoms with Gasteiger partial charge >= 0.3 is 0 Å². The van der Waals surface area contributed by atoms with Crippen LogP contribution in [-0.4, -0.2) is 24.5 Å². The third-order valence-electron chi connectivity index (χ3n) is 4.96. The summed E-state index contributed by atoms with van der Waals surface area (Å²) in [5.41, 5.74) is 2.85. The molecule has 2 nitrogen and oxygen atoms in total. The summed E-state index contributed by atoms with van der Waals surface area (Å²) in [5, 5.41) is 8.76. The van der Waals surface area contributed by atoms with Gasteiger partial charge in [-0.15, -0.1) is 0 Å². The number of rotatable bonds is 5. The van der Waals surface area contributed by atoms with Crippen LogP contribution in [0.1, 0.15) is 36.3 Å². The zero-order chi connectivity index (χ0) is 15.9. The molecule has 0 saturated carbocycles. The van der Waals surface area contributed by atoms with E-state index in [1.54, 1.807) is 0 Å². The van der Waals surface area contributed by atoms with E-state index in [1.165, 1.54) is 24.0 Å². The second-order valence-corrected chi connectivity index (χ2v) is 6.39. The number of hydrogen-bond donors (Lipinski definition) is 0. The summed E-state index contributed by atoms with van der Waals surface area (Å²) in [4.78, 5) is 2.44. The Hall–Kier alpha value is -2.11. The summed E-state index contributed by atoms with van der Waals surface area (Å²) in [5.74, 6) is 1.16. The lowest BCUT2D eigenvalue weighted by atomic mass is 9.76. The molecule has 2 heteroatoms. The fraction of sp³-hybridized carbons (Fsp3) is 0.381. The van der Waals surface area contributed by atoms with Gasteiger partial charge in [0.15, 0.2) is 0 Å². The minimum atomic E-state index is 0.482. The Morgan fingerprint density at radius 3 is 1.91 bits per heavy atom. The number of hydrogen-bond acceptors (Lipinski definition) is 2. The number of likely N-dealkylation sites (tertiary alicyclic amines) is 1. The molecule has 0 amide bonds. The van der Waals surface area contributed by atoms with Crippen molar-refractivity contribution in [3.8, 4) is 6.07 Å². The molecular formula is C21H24N2. The van der Waals surface area contributed by atoms with Crippen LogP contribution in [0.3, 0.4) is 0 Å². The molecule has 0 atom stereocenters. The average molecular weight is 304 g/mol. The molecule has 1 heterocycles. The van der Waals surface area contributed by atoms with Crippen molar-refractivity contribution < 1.29 is 0 Å². The molecule has 3 rings (SSSR count). The van der Waals surface area contributed by atoms with Gasteiger partial charge in [-0.25, -0.2) is 0 Å². The van der Waals surface area contributed by atoms with E-state index < -0.39 is 0 Å². The predicted molar refractivity (Wildman–Crippen MR) is 94.1 cm³/mol. The maximum Gasteiger partial charge on any atom is 0.0635 e. The minimum absolute atomic E-state index is 0.482.